The molecule has 4 aromatic rings. The number of aromatic nitrogens is 7. The van der Waals surface area contributed by atoms with E-state index in [1.165, 1.54) is 36.0 Å². The monoisotopic (exact) mass is 429 g/mol. The van der Waals surface area contributed by atoms with Crippen molar-refractivity contribution in [2.75, 3.05) is 0 Å². The minimum atomic E-state index is 0.618. The largest absolute Gasteiger partial charge is 0.245 e. The van der Waals surface area contributed by atoms with Crippen molar-refractivity contribution in [3.8, 4) is 11.4 Å². The molecule has 166 valence electrons. The fourth-order valence-electron chi connectivity index (χ4n) is 3.88. The lowest BCUT2D eigenvalue weighted by atomic mass is 10.0. The van der Waals surface area contributed by atoms with E-state index < -0.39 is 0 Å². The second-order valence-electron chi connectivity index (χ2n) is 8.24. The van der Waals surface area contributed by atoms with Crippen LogP contribution in [0, 0.1) is 0 Å². The van der Waals surface area contributed by atoms with Crippen LogP contribution in [0.4, 0.5) is 0 Å². The third kappa shape index (κ3) is 5.66. The van der Waals surface area contributed by atoms with Crippen molar-refractivity contribution in [1.29, 1.82) is 0 Å². The Morgan fingerprint density at radius 1 is 0.875 bits per heavy atom. The summed E-state index contributed by atoms with van der Waals surface area (Å²) in [5.74, 6) is 2.70. The zero-order valence-electron chi connectivity index (χ0n) is 19.0. The Morgan fingerprint density at radius 2 is 1.72 bits per heavy atom. The second kappa shape index (κ2) is 10.8. The lowest BCUT2D eigenvalue weighted by molar-refractivity contribution is 0.603. The highest BCUT2D eigenvalue weighted by atomic mass is 15.5. The lowest BCUT2D eigenvalue weighted by Crippen LogP contribution is -2.07. The number of hydrogen-bond donors (Lipinski definition) is 1. The van der Waals surface area contributed by atoms with Crippen LogP contribution in [0.3, 0.4) is 0 Å². The number of rotatable bonds is 11. The van der Waals surface area contributed by atoms with Crippen LogP contribution in [-0.2, 0) is 25.8 Å². The number of unbranched alkanes of at least 4 members (excludes halogenated alkanes) is 2. The average Bonchev–Trinajstić information content (AvgIpc) is 3.47. The van der Waals surface area contributed by atoms with Crippen molar-refractivity contribution < 1.29 is 0 Å². The van der Waals surface area contributed by atoms with Crippen LogP contribution in [0.1, 0.15) is 67.9 Å². The Kier molecular flexibility index (Phi) is 7.38. The van der Waals surface area contributed by atoms with E-state index in [4.69, 9.17) is 10.1 Å². The van der Waals surface area contributed by atoms with Crippen LogP contribution < -0.4 is 0 Å². The van der Waals surface area contributed by atoms with Gasteiger partial charge in [-0.1, -0.05) is 69.2 Å². The maximum atomic E-state index is 4.81. The highest BCUT2D eigenvalue weighted by Crippen LogP contribution is 2.18. The maximum Gasteiger partial charge on any atom is 0.204 e. The molecule has 0 radical (unpaired) electrons. The summed E-state index contributed by atoms with van der Waals surface area (Å²) in [5.41, 5.74) is 4.71. The Morgan fingerprint density at radius 3 is 2.47 bits per heavy atom. The minimum Gasteiger partial charge on any atom is -0.245 e. The molecule has 2 heterocycles. The van der Waals surface area contributed by atoms with E-state index in [0.717, 1.165) is 49.4 Å². The van der Waals surface area contributed by atoms with Crippen molar-refractivity contribution in [2.45, 2.75) is 65.3 Å². The molecule has 0 aliphatic rings. The summed E-state index contributed by atoms with van der Waals surface area (Å²) in [6.45, 7) is 5.18. The summed E-state index contributed by atoms with van der Waals surface area (Å²) in [5, 5.41) is 19.1. The highest BCUT2D eigenvalue weighted by molar-refractivity contribution is 5.55. The molecule has 0 atom stereocenters. The van der Waals surface area contributed by atoms with Crippen LogP contribution in [0.5, 0.6) is 0 Å². The van der Waals surface area contributed by atoms with E-state index >= 15 is 0 Å². The molecule has 2 aromatic carbocycles. The van der Waals surface area contributed by atoms with E-state index in [2.05, 4.69) is 75.6 Å². The Bertz CT molecular complexity index is 1100. The van der Waals surface area contributed by atoms with E-state index in [1.54, 1.807) is 0 Å². The molecule has 0 amide bonds. The van der Waals surface area contributed by atoms with Crippen LogP contribution in [0.25, 0.3) is 11.4 Å². The van der Waals surface area contributed by atoms with Gasteiger partial charge in [0.2, 0.25) is 5.82 Å². The van der Waals surface area contributed by atoms with Gasteiger partial charge >= 0.3 is 0 Å². The molecule has 0 bridgehead atoms. The summed E-state index contributed by atoms with van der Waals surface area (Å²) in [6, 6.07) is 17.1. The first-order valence-corrected chi connectivity index (χ1v) is 11.6. The maximum absolute atomic E-state index is 4.81. The van der Waals surface area contributed by atoms with E-state index in [9.17, 15) is 0 Å². The zero-order valence-corrected chi connectivity index (χ0v) is 19.0. The third-order valence-electron chi connectivity index (χ3n) is 5.56. The highest BCUT2D eigenvalue weighted by Gasteiger charge is 2.10. The average molecular weight is 430 g/mol. The molecular formula is C25H31N7. The van der Waals surface area contributed by atoms with Gasteiger partial charge in [0.1, 0.15) is 5.82 Å². The van der Waals surface area contributed by atoms with Gasteiger partial charge in [-0.25, -0.2) is 9.67 Å². The molecule has 0 saturated carbocycles. The Labute approximate surface area is 189 Å². The standard InChI is InChI=1S/C25H31N7/c1-3-5-6-11-24-26-23(8-4-2)29-32(24)18-20-14-12-19(13-15-20)16-21-9-7-10-22(17-21)25-27-30-31-28-25/h7,9-10,12-15,17H,3-6,8,11,16,18H2,1-2H3,(H,27,28,30,31). The number of benzene rings is 2. The van der Waals surface area contributed by atoms with Crippen LogP contribution in [0.2, 0.25) is 0 Å². The van der Waals surface area contributed by atoms with E-state index in [0.29, 0.717) is 5.82 Å². The molecule has 7 nitrogen and oxygen atoms in total. The quantitative estimate of drug-likeness (QED) is 0.347. The molecule has 2 aromatic heterocycles. The number of aromatic amines is 1. The number of nitrogens with one attached hydrogen (secondary N) is 1. The molecular weight excluding hydrogens is 398 g/mol. The van der Waals surface area contributed by atoms with Crippen molar-refractivity contribution >= 4 is 0 Å². The molecule has 0 unspecified atom stereocenters. The lowest BCUT2D eigenvalue weighted by Gasteiger charge is -2.08. The Hall–Kier alpha value is -3.35. The van der Waals surface area contributed by atoms with Crippen molar-refractivity contribution in [2.24, 2.45) is 0 Å². The predicted molar refractivity (Wildman–Crippen MR) is 125 cm³/mol. The van der Waals surface area contributed by atoms with Gasteiger partial charge in [0, 0.05) is 18.4 Å². The number of aryl methyl sites for hydroxylation is 2. The summed E-state index contributed by atoms with van der Waals surface area (Å²) < 4.78 is 2.10. The summed E-state index contributed by atoms with van der Waals surface area (Å²) >= 11 is 0. The van der Waals surface area contributed by atoms with Gasteiger partial charge in [-0.05, 0) is 47.2 Å². The van der Waals surface area contributed by atoms with Crippen LogP contribution >= 0.6 is 0 Å². The second-order valence-corrected chi connectivity index (χ2v) is 8.24. The van der Waals surface area contributed by atoms with E-state index in [1.807, 2.05) is 12.1 Å². The Balaban J connectivity index is 1.43. The normalized spacial score (nSPS) is 11.2. The fourth-order valence-corrected chi connectivity index (χ4v) is 3.88. The van der Waals surface area contributed by atoms with Gasteiger partial charge in [-0.2, -0.15) is 10.3 Å². The van der Waals surface area contributed by atoms with Crippen molar-refractivity contribution in [1.82, 2.24) is 35.4 Å². The zero-order chi connectivity index (χ0) is 22.2. The predicted octanol–water partition coefficient (Wildman–Crippen LogP) is 4.78. The number of hydrogen-bond acceptors (Lipinski definition) is 5. The molecule has 32 heavy (non-hydrogen) atoms. The van der Waals surface area contributed by atoms with Crippen molar-refractivity contribution in [3.05, 3.63) is 76.9 Å². The third-order valence-corrected chi connectivity index (χ3v) is 5.56. The number of nitrogens with zero attached hydrogens (tertiary/aromatic N) is 6. The molecule has 7 heteroatoms. The SMILES string of the molecule is CCCCCc1nc(CCC)nn1Cc1ccc(Cc2cccc(-c3nn[nH]n3)c2)cc1. The topological polar surface area (TPSA) is 85.2 Å². The summed E-state index contributed by atoms with van der Waals surface area (Å²) in [4.78, 5) is 4.81. The van der Waals surface area contributed by atoms with E-state index in [-0.39, 0.29) is 0 Å². The van der Waals surface area contributed by atoms with Crippen molar-refractivity contribution in [3.63, 3.8) is 0 Å². The summed E-state index contributed by atoms with van der Waals surface area (Å²) in [6.07, 6.45) is 7.49. The summed E-state index contributed by atoms with van der Waals surface area (Å²) in [7, 11) is 0. The molecule has 0 aliphatic carbocycles. The molecule has 4 rings (SSSR count). The number of tetrazole rings is 1. The fraction of sp³-hybridized carbons (Fsp3) is 0.400. The van der Waals surface area contributed by atoms with Crippen LogP contribution in [0.15, 0.2) is 48.5 Å². The molecule has 0 spiro atoms. The molecule has 0 fully saturated rings. The number of H-pyrrole nitrogens is 1. The smallest absolute Gasteiger partial charge is 0.204 e. The van der Waals surface area contributed by atoms with Gasteiger partial charge in [0.05, 0.1) is 6.54 Å². The molecule has 0 saturated heterocycles. The molecule has 1 N–H and O–H groups in total. The van der Waals surface area contributed by atoms with Gasteiger partial charge in [-0.3, -0.25) is 0 Å². The minimum absolute atomic E-state index is 0.618. The first kappa shape index (κ1) is 21.9. The molecule has 0 aliphatic heterocycles. The van der Waals surface area contributed by atoms with Crippen LogP contribution in [-0.4, -0.2) is 35.4 Å². The first-order valence-electron chi connectivity index (χ1n) is 11.6. The van der Waals surface area contributed by atoms with Gasteiger partial charge in [0.25, 0.3) is 0 Å². The first-order chi connectivity index (χ1) is 15.7. The van der Waals surface area contributed by atoms with Gasteiger partial charge in [-0.15, -0.1) is 10.2 Å². The van der Waals surface area contributed by atoms with Gasteiger partial charge < -0.3 is 0 Å². The van der Waals surface area contributed by atoms with Gasteiger partial charge in [0.15, 0.2) is 5.82 Å².